The Kier molecular flexibility index (Phi) is 3.61. The highest BCUT2D eigenvalue weighted by Crippen LogP contribution is 2.22. The third kappa shape index (κ3) is 2.44. The van der Waals surface area contributed by atoms with E-state index in [9.17, 15) is 4.79 Å². The molecule has 16 heavy (non-hydrogen) atoms. The molecule has 0 aliphatic carbocycles. The third-order valence-electron chi connectivity index (χ3n) is 3.29. The number of nitrogens with two attached hydrogens (primary N) is 1. The number of amides is 1. The highest BCUT2D eigenvalue weighted by molar-refractivity contribution is 5.81. The molecule has 4 nitrogen and oxygen atoms in total. The monoisotopic (exact) mass is 224 g/mol. The molecule has 0 aromatic carbocycles. The summed E-state index contributed by atoms with van der Waals surface area (Å²) in [6.07, 6.45) is 4.72. The van der Waals surface area contributed by atoms with Crippen LogP contribution in [0.5, 0.6) is 0 Å². The van der Waals surface area contributed by atoms with Crippen molar-refractivity contribution in [3.63, 3.8) is 0 Å². The van der Waals surface area contributed by atoms with Crippen LogP contribution in [0.1, 0.15) is 26.2 Å². The molecule has 2 N–H and O–H groups in total. The fourth-order valence-electron chi connectivity index (χ4n) is 2.36. The Balaban J connectivity index is 1.91. The van der Waals surface area contributed by atoms with Gasteiger partial charge >= 0.3 is 0 Å². The van der Waals surface area contributed by atoms with Crippen LogP contribution in [0.4, 0.5) is 0 Å². The average molecular weight is 224 g/mol. The first-order valence-electron chi connectivity index (χ1n) is 6.00. The van der Waals surface area contributed by atoms with Gasteiger partial charge in [-0.15, -0.1) is 0 Å². The fraction of sp³-hybridized carbons (Fsp3) is 0.750. The molecule has 1 amide bonds. The molecule has 90 valence electrons. The molecule has 0 spiro atoms. The molecule has 0 bridgehead atoms. The molecular formula is C12H20N2O2. The Hall–Kier alpha value is -0.870. The van der Waals surface area contributed by atoms with Gasteiger partial charge in [0, 0.05) is 19.6 Å². The van der Waals surface area contributed by atoms with Gasteiger partial charge in [0.2, 0.25) is 0 Å². The summed E-state index contributed by atoms with van der Waals surface area (Å²) in [4.78, 5) is 14.0. The highest BCUT2D eigenvalue weighted by Gasteiger charge is 2.33. The van der Waals surface area contributed by atoms with Crippen molar-refractivity contribution in [2.24, 2.45) is 5.73 Å². The Morgan fingerprint density at radius 1 is 1.62 bits per heavy atom. The summed E-state index contributed by atoms with van der Waals surface area (Å²) >= 11 is 0. The quantitative estimate of drug-likeness (QED) is 0.701. The molecule has 2 rings (SSSR count). The van der Waals surface area contributed by atoms with Crippen LogP contribution < -0.4 is 5.73 Å². The number of nitrogens with zero attached hydrogens (tertiary/aromatic N) is 1. The molecule has 2 aliphatic rings. The van der Waals surface area contributed by atoms with Gasteiger partial charge in [0.25, 0.3) is 5.91 Å². The van der Waals surface area contributed by atoms with E-state index in [2.05, 4.69) is 13.0 Å². The largest absolute Gasteiger partial charge is 0.364 e. The summed E-state index contributed by atoms with van der Waals surface area (Å²) < 4.78 is 5.63. The molecule has 2 unspecified atom stereocenters. The first kappa shape index (κ1) is 11.6. The second kappa shape index (κ2) is 4.97. The van der Waals surface area contributed by atoms with Crippen molar-refractivity contribution < 1.29 is 9.53 Å². The fourth-order valence-corrected chi connectivity index (χ4v) is 2.36. The van der Waals surface area contributed by atoms with Crippen molar-refractivity contribution in [2.75, 3.05) is 19.6 Å². The number of ether oxygens (including phenoxy) is 1. The van der Waals surface area contributed by atoms with E-state index in [1.54, 1.807) is 0 Å². The Labute approximate surface area is 96.4 Å². The maximum Gasteiger partial charge on any atom is 0.252 e. The molecule has 0 aromatic rings. The summed E-state index contributed by atoms with van der Waals surface area (Å²) in [5.74, 6) is 0.142. The maximum absolute atomic E-state index is 12.1. The minimum Gasteiger partial charge on any atom is -0.364 e. The van der Waals surface area contributed by atoms with E-state index in [-0.39, 0.29) is 18.1 Å². The molecule has 4 heteroatoms. The number of carbonyl (C=O) groups excluding carboxylic acids is 1. The molecule has 0 saturated carbocycles. The van der Waals surface area contributed by atoms with Gasteiger partial charge in [-0.05, 0) is 26.2 Å². The molecule has 1 saturated heterocycles. The van der Waals surface area contributed by atoms with Crippen LogP contribution in [0.3, 0.4) is 0 Å². The third-order valence-corrected chi connectivity index (χ3v) is 3.29. The zero-order valence-electron chi connectivity index (χ0n) is 9.82. The van der Waals surface area contributed by atoms with E-state index in [0.29, 0.717) is 6.54 Å². The van der Waals surface area contributed by atoms with Crippen molar-refractivity contribution in [1.82, 2.24) is 4.90 Å². The summed E-state index contributed by atoms with van der Waals surface area (Å²) in [5, 5.41) is 0. The van der Waals surface area contributed by atoms with Crippen LogP contribution in [0.25, 0.3) is 0 Å². The molecule has 0 radical (unpaired) electrons. The van der Waals surface area contributed by atoms with Gasteiger partial charge < -0.3 is 15.4 Å². The predicted molar refractivity (Wildman–Crippen MR) is 61.9 cm³/mol. The number of hydrogen-bond acceptors (Lipinski definition) is 3. The second-order valence-electron chi connectivity index (χ2n) is 4.66. The Morgan fingerprint density at radius 2 is 2.44 bits per heavy atom. The normalized spacial score (nSPS) is 30.4. The Bertz CT molecular complexity index is 301. The van der Waals surface area contributed by atoms with Gasteiger partial charge in [-0.1, -0.05) is 11.6 Å². The van der Waals surface area contributed by atoms with Crippen molar-refractivity contribution in [3.8, 4) is 0 Å². The standard InChI is InChI=1S/C12H20N2O2/c1-9-3-2-6-14(8-9)12(15)11-5-4-10(7-13)16-11/h3,10-11H,2,4-8,13H2,1H3. The summed E-state index contributed by atoms with van der Waals surface area (Å²) in [6, 6.07) is 0. The van der Waals surface area contributed by atoms with Crippen molar-refractivity contribution in [3.05, 3.63) is 11.6 Å². The summed E-state index contributed by atoms with van der Waals surface area (Å²) in [6.45, 7) is 4.16. The molecular weight excluding hydrogens is 204 g/mol. The smallest absolute Gasteiger partial charge is 0.252 e. The molecule has 2 aliphatic heterocycles. The van der Waals surface area contributed by atoms with Gasteiger partial charge in [-0.25, -0.2) is 0 Å². The predicted octanol–water partition coefficient (Wildman–Crippen LogP) is 0.671. The van der Waals surface area contributed by atoms with Gasteiger partial charge in [0.15, 0.2) is 0 Å². The lowest BCUT2D eigenvalue weighted by atomic mass is 10.1. The van der Waals surface area contributed by atoms with E-state index >= 15 is 0 Å². The van der Waals surface area contributed by atoms with Gasteiger partial charge in [-0.3, -0.25) is 4.79 Å². The number of hydrogen-bond donors (Lipinski definition) is 1. The highest BCUT2D eigenvalue weighted by atomic mass is 16.5. The molecule has 2 heterocycles. The second-order valence-corrected chi connectivity index (χ2v) is 4.66. The zero-order chi connectivity index (χ0) is 11.5. The molecule has 1 fully saturated rings. The summed E-state index contributed by atoms with van der Waals surface area (Å²) in [7, 11) is 0. The van der Waals surface area contributed by atoms with Gasteiger partial charge in [0.1, 0.15) is 6.10 Å². The number of rotatable bonds is 2. The van der Waals surface area contributed by atoms with Crippen molar-refractivity contribution in [1.29, 1.82) is 0 Å². The van der Waals surface area contributed by atoms with Gasteiger partial charge in [-0.2, -0.15) is 0 Å². The minimum atomic E-state index is -0.251. The summed E-state index contributed by atoms with van der Waals surface area (Å²) in [5.41, 5.74) is 6.81. The van der Waals surface area contributed by atoms with E-state index in [0.717, 1.165) is 32.4 Å². The van der Waals surface area contributed by atoms with E-state index in [1.165, 1.54) is 5.57 Å². The number of carbonyl (C=O) groups is 1. The first-order valence-corrected chi connectivity index (χ1v) is 6.00. The van der Waals surface area contributed by atoms with Crippen LogP contribution in [-0.2, 0) is 9.53 Å². The van der Waals surface area contributed by atoms with E-state index < -0.39 is 0 Å². The van der Waals surface area contributed by atoms with Crippen LogP contribution in [-0.4, -0.2) is 42.6 Å². The lowest BCUT2D eigenvalue weighted by molar-refractivity contribution is -0.142. The van der Waals surface area contributed by atoms with Crippen molar-refractivity contribution in [2.45, 2.75) is 38.4 Å². The topological polar surface area (TPSA) is 55.6 Å². The first-order chi connectivity index (χ1) is 7.70. The average Bonchev–Trinajstić information content (AvgIpc) is 2.76. The van der Waals surface area contributed by atoms with E-state index in [1.807, 2.05) is 4.90 Å². The van der Waals surface area contributed by atoms with E-state index in [4.69, 9.17) is 10.5 Å². The molecule has 0 aromatic heterocycles. The minimum absolute atomic E-state index is 0.0791. The molecule has 2 atom stereocenters. The maximum atomic E-state index is 12.1. The van der Waals surface area contributed by atoms with Crippen molar-refractivity contribution >= 4 is 5.91 Å². The van der Waals surface area contributed by atoms with Crippen LogP contribution >= 0.6 is 0 Å². The van der Waals surface area contributed by atoms with Crippen LogP contribution in [0.15, 0.2) is 11.6 Å². The van der Waals surface area contributed by atoms with Crippen LogP contribution in [0.2, 0.25) is 0 Å². The lowest BCUT2D eigenvalue weighted by Crippen LogP contribution is -2.42. The van der Waals surface area contributed by atoms with Crippen LogP contribution in [0, 0.1) is 0 Å². The van der Waals surface area contributed by atoms with Gasteiger partial charge in [0.05, 0.1) is 6.10 Å². The lowest BCUT2D eigenvalue weighted by Gasteiger charge is -2.28. The Morgan fingerprint density at radius 3 is 3.06 bits per heavy atom. The zero-order valence-corrected chi connectivity index (χ0v) is 9.82. The SMILES string of the molecule is CC1=CCCN(C(=O)C2CCC(CN)O2)C1.